The SMILES string of the molecule is N#C[C@@H](N)COCc1ccccc1Cl. The molecule has 0 spiro atoms. The van der Waals surface area contributed by atoms with Crippen LogP contribution in [0.25, 0.3) is 0 Å². The second kappa shape index (κ2) is 5.61. The molecule has 0 fully saturated rings. The van der Waals surface area contributed by atoms with Gasteiger partial charge in [0, 0.05) is 5.02 Å². The molecule has 0 bridgehead atoms. The summed E-state index contributed by atoms with van der Waals surface area (Å²) in [5, 5.41) is 9.07. The van der Waals surface area contributed by atoms with E-state index in [9.17, 15) is 0 Å². The highest BCUT2D eigenvalue weighted by atomic mass is 35.5. The van der Waals surface area contributed by atoms with E-state index in [4.69, 9.17) is 27.3 Å². The predicted octanol–water partition coefficient (Wildman–Crippen LogP) is 1.71. The second-order valence-corrected chi connectivity index (χ2v) is 3.25. The van der Waals surface area contributed by atoms with Crippen molar-refractivity contribution in [1.82, 2.24) is 0 Å². The van der Waals surface area contributed by atoms with Crippen LogP contribution < -0.4 is 5.73 Å². The van der Waals surface area contributed by atoms with E-state index in [1.54, 1.807) is 6.07 Å². The fraction of sp³-hybridized carbons (Fsp3) is 0.300. The molecule has 1 aromatic rings. The van der Waals surface area contributed by atoms with Gasteiger partial charge in [0.25, 0.3) is 0 Å². The van der Waals surface area contributed by atoms with Gasteiger partial charge in [0.1, 0.15) is 6.04 Å². The monoisotopic (exact) mass is 210 g/mol. The molecule has 1 atom stereocenters. The van der Waals surface area contributed by atoms with Crippen molar-refractivity contribution in [3.05, 3.63) is 34.9 Å². The quantitative estimate of drug-likeness (QED) is 0.823. The summed E-state index contributed by atoms with van der Waals surface area (Å²) in [5.74, 6) is 0. The minimum Gasteiger partial charge on any atom is -0.374 e. The van der Waals surface area contributed by atoms with Gasteiger partial charge < -0.3 is 10.5 Å². The summed E-state index contributed by atoms with van der Waals surface area (Å²) >= 11 is 5.90. The van der Waals surface area contributed by atoms with Crippen LogP contribution in [0.2, 0.25) is 5.02 Å². The highest BCUT2D eigenvalue weighted by molar-refractivity contribution is 6.31. The fourth-order valence-electron chi connectivity index (χ4n) is 0.949. The molecule has 0 heterocycles. The van der Waals surface area contributed by atoms with Gasteiger partial charge in [-0.2, -0.15) is 5.26 Å². The Morgan fingerprint density at radius 1 is 1.50 bits per heavy atom. The third kappa shape index (κ3) is 3.35. The molecular weight excluding hydrogens is 200 g/mol. The van der Waals surface area contributed by atoms with Gasteiger partial charge in [-0.25, -0.2) is 0 Å². The van der Waals surface area contributed by atoms with Gasteiger partial charge >= 0.3 is 0 Å². The molecule has 0 aliphatic carbocycles. The average molecular weight is 211 g/mol. The Balaban J connectivity index is 2.40. The molecule has 0 saturated heterocycles. The predicted molar refractivity (Wildman–Crippen MR) is 54.7 cm³/mol. The molecule has 3 nitrogen and oxygen atoms in total. The van der Waals surface area contributed by atoms with Crippen molar-refractivity contribution in [3.63, 3.8) is 0 Å². The average Bonchev–Trinajstić information content (AvgIpc) is 2.20. The molecule has 0 saturated carbocycles. The first-order chi connectivity index (χ1) is 6.74. The van der Waals surface area contributed by atoms with Gasteiger partial charge in [-0.1, -0.05) is 29.8 Å². The lowest BCUT2D eigenvalue weighted by Gasteiger charge is -2.06. The fourth-order valence-corrected chi connectivity index (χ4v) is 1.14. The molecule has 0 amide bonds. The minimum atomic E-state index is -0.572. The van der Waals surface area contributed by atoms with Gasteiger partial charge in [-0.15, -0.1) is 0 Å². The Morgan fingerprint density at radius 2 is 2.21 bits per heavy atom. The molecule has 1 aromatic carbocycles. The Hall–Kier alpha value is -1.08. The maximum absolute atomic E-state index is 8.41. The topological polar surface area (TPSA) is 59.0 Å². The molecule has 0 aliphatic heterocycles. The highest BCUT2D eigenvalue weighted by Gasteiger charge is 2.02. The van der Waals surface area contributed by atoms with Crippen LogP contribution in [0, 0.1) is 11.3 Å². The highest BCUT2D eigenvalue weighted by Crippen LogP contribution is 2.15. The number of hydrogen-bond donors (Lipinski definition) is 1. The molecule has 0 radical (unpaired) electrons. The van der Waals surface area contributed by atoms with Crippen LogP contribution in [0.5, 0.6) is 0 Å². The number of nitrogens with zero attached hydrogens (tertiary/aromatic N) is 1. The lowest BCUT2D eigenvalue weighted by Crippen LogP contribution is -2.23. The third-order valence-electron chi connectivity index (χ3n) is 1.68. The number of hydrogen-bond acceptors (Lipinski definition) is 3. The van der Waals surface area contributed by atoms with Gasteiger partial charge in [0.05, 0.1) is 19.3 Å². The molecule has 74 valence electrons. The van der Waals surface area contributed by atoms with E-state index >= 15 is 0 Å². The first-order valence-corrected chi connectivity index (χ1v) is 4.58. The number of benzene rings is 1. The summed E-state index contributed by atoms with van der Waals surface area (Å²) in [4.78, 5) is 0. The number of nitrogens with two attached hydrogens (primary N) is 1. The van der Waals surface area contributed by atoms with Crippen molar-refractivity contribution in [3.8, 4) is 6.07 Å². The van der Waals surface area contributed by atoms with Crippen LogP contribution in [0.1, 0.15) is 5.56 Å². The Kier molecular flexibility index (Phi) is 4.41. The van der Waals surface area contributed by atoms with Crippen molar-refractivity contribution in [1.29, 1.82) is 5.26 Å². The largest absolute Gasteiger partial charge is 0.374 e. The van der Waals surface area contributed by atoms with E-state index < -0.39 is 6.04 Å². The zero-order valence-corrected chi connectivity index (χ0v) is 8.37. The maximum atomic E-state index is 8.41. The van der Waals surface area contributed by atoms with Crippen molar-refractivity contribution in [2.75, 3.05) is 6.61 Å². The molecule has 1 rings (SSSR count). The number of nitriles is 1. The second-order valence-electron chi connectivity index (χ2n) is 2.84. The Morgan fingerprint density at radius 3 is 2.86 bits per heavy atom. The molecule has 2 N–H and O–H groups in total. The van der Waals surface area contributed by atoms with E-state index in [2.05, 4.69) is 0 Å². The Labute approximate surface area is 88.0 Å². The van der Waals surface area contributed by atoms with E-state index in [0.29, 0.717) is 11.6 Å². The lowest BCUT2D eigenvalue weighted by atomic mass is 10.2. The number of ether oxygens (including phenoxy) is 1. The molecule has 0 aliphatic rings. The van der Waals surface area contributed by atoms with Crippen LogP contribution in [0.3, 0.4) is 0 Å². The van der Waals surface area contributed by atoms with Gasteiger partial charge in [0.2, 0.25) is 0 Å². The summed E-state index contributed by atoms with van der Waals surface area (Å²) < 4.78 is 5.22. The zero-order valence-electron chi connectivity index (χ0n) is 7.61. The normalized spacial score (nSPS) is 12.1. The first-order valence-electron chi connectivity index (χ1n) is 4.20. The van der Waals surface area contributed by atoms with Gasteiger partial charge in [-0.05, 0) is 11.6 Å². The number of halogens is 1. The van der Waals surface area contributed by atoms with E-state index in [-0.39, 0.29) is 6.61 Å². The summed E-state index contributed by atoms with van der Waals surface area (Å²) in [6.45, 7) is 0.608. The third-order valence-corrected chi connectivity index (χ3v) is 2.05. The molecule has 4 heteroatoms. The van der Waals surface area contributed by atoms with E-state index in [0.717, 1.165) is 5.56 Å². The zero-order chi connectivity index (χ0) is 10.4. The van der Waals surface area contributed by atoms with Crippen LogP contribution in [0.15, 0.2) is 24.3 Å². The van der Waals surface area contributed by atoms with Crippen molar-refractivity contribution < 1.29 is 4.74 Å². The van der Waals surface area contributed by atoms with E-state index in [1.807, 2.05) is 24.3 Å². The summed E-state index contributed by atoms with van der Waals surface area (Å²) in [6.07, 6.45) is 0. The summed E-state index contributed by atoms with van der Waals surface area (Å²) in [7, 11) is 0. The van der Waals surface area contributed by atoms with Crippen LogP contribution in [0.4, 0.5) is 0 Å². The maximum Gasteiger partial charge on any atom is 0.116 e. The summed E-state index contributed by atoms with van der Waals surface area (Å²) in [5.41, 5.74) is 6.26. The van der Waals surface area contributed by atoms with Crippen molar-refractivity contribution in [2.45, 2.75) is 12.6 Å². The number of rotatable bonds is 4. The molecule has 0 aromatic heterocycles. The van der Waals surface area contributed by atoms with Gasteiger partial charge in [-0.3, -0.25) is 0 Å². The molecular formula is C10H11ClN2O. The Bertz CT molecular complexity index is 335. The van der Waals surface area contributed by atoms with Crippen LogP contribution in [-0.4, -0.2) is 12.6 Å². The molecule has 0 unspecified atom stereocenters. The lowest BCUT2D eigenvalue weighted by molar-refractivity contribution is 0.117. The first kappa shape index (κ1) is 11.0. The van der Waals surface area contributed by atoms with Crippen LogP contribution >= 0.6 is 11.6 Å². The smallest absolute Gasteiger partial charge is 0.116 e. The summed E-state index contributed by atoms with van der Waals surface area (Å²) in [6, 6.07) is 8.72. The van der Waals surface area contributed by atoms with Crippen molar-refractivity contribution in [2.24, 2.45) is 5.73 Å². The van der Waals surface area contributed by atoms with Gasteiger partial charge in [0.15, 0.2) is 0 Å². The standard InChI is InChI=1S/C10H11ClN2O/c11-10-4-2-1-3-8(10)6-14-7-9(13)5-12/h1-4,9H,6-7,13H2/t9-/m1/s1. The minimum absolute atomic E-state index is 0.224. The van der Waals surface area contributed by atoms with E-state index in [1.165, 1.54) is 0 Å². The van der Waals surface area contributed by atoms with Crippen LogP contribution in [-0.2, 0) is 11.3 Å². The van der Waals surface area contributed by atoms with Crippen molar-refractivity contribution >= 4 is 11.6 Å². The molecule has 14 heavy (non-hydrogen) atoms.